The van der Waals surface area contributed by atoms with E-state index in [0.29, 0.717) is 34.9 Å². The van der Waals surface area contributed by atoms with Crippen LogP contribution in [-0.4, -0.2) is 45.8 Å². The number of benzene rings is 4. The largest absolute Gasteiger partial charge is 0.488 e. The fourth-order valence-corrected chi connectivity index (χ4v) is 6.57. The summed E-state index contributed by atoms with van der Waals surface area (Å²) >= 11 is 0. The molecular weight excluding hydrogens is 586 g/mol. The number of nitrogens with one attached hydrogen (secondary N) is 1. The summed E-state index contributed by atoms with van der Waals surface area (Å²) in [6.07, 6.45) is 0. The van der Waals surface area contributed by atoms with Crippen molar-refractivity contribution in [3.05, 3.63) is 119 Å². The molecule has 0 fully saturated rings. The highest BCUT2D eigenvalue weighted by Crippen LogP contribution is 2.36. The zero-order valence-corrected chi connectivity index (χ0v) is 27.7. The number of amides is 2. The number of anilines is 2. The molecule has 236 valence electrons. The smallest absolute Gasteiger partial charge is 0.264 e. The fourth-order valence-electron chi connectivity index (χ4n) is 5.07. The third kappa shape index (κ3) is 7.72. The normalized spacial score (nSPS) is 11.5. The first-order valence-electron chi connectivity index (χ1n) is 14.7. The minimum atomic E-state index is -4.18. The van der Waals surface area contributed by atoms with Gasteiger partial charge in [-0.05, 0) is 66.3 Å². The zero-order chi connectivity index (χ0) is 32.9. The molecule has 0 bridgehead atoms. The van der Waals surface area contributed by atoms with Crippen molar-refractivity contribution in [3.63, 3.8) is 0 Å². The van der Waals surface area contributed by atoms with E-state index in [4.69, 9.17) is 4.74 Å². The molecule has 0 atom stereocenters. The lowest BCUT2D eigenvalue weighted by atomic mass is 9.85. The Labute approximate surface area is 266 Å². The van der Waals surface area contributed by atoms with Gasteiger partial charge in [0, 0.05) is 30.9 Å². The molecule has 0 spiro atoms. The molecule has 0 radical (unpaired) electrons. The maximum Gasteiger partial charge on any atom is 0.264 e. The Bertz CT molecular complexity index is 1780. The van der Waals surface area contributed by atoms with Crippen LogP contribution in [0, 0.1) is 13.8 Å². The minimum Gasteiger partial charge on any atom is -0.488 e. The van der Waals surface area contributed by atoms with Crippen LogP contribution in [0.1, 0.15) is 53.4 Å². The SMILES string of the molecule is Cc1ccc(N(CC(=O)Nc2cc(C(=O)N(C)C)ccc2C(C)(C)C)S(=O)(=O)c2ccccc2)c(C)c1OCc1ccccc1. The second-order valence-electron chi connectivity index (χ2n) is 12.2. The Hall–Kier alpha value is -4.63. The molecule has 45 heavy (non-hydrogen) atoms. The third-order valence-corrected chi connectivity index (χ3v) is 9.22. The van der Waals surface area contributed by atoms with Gasteiger partial charge in [0.2, 0.25) is 5.91 Å². The average molecular weight is 628 g/mol. The molecule has 0 aliphatic carbocycles. The van der Waals surface area contributed by atoms with Crippen molar-refractivity contribution in [1.82, 2.24) is 4.90 Å². The lowest BCUT2D eigenvalue weighted by molar-refractivity contribution is -0.114. The van der Waals surface area contributed by atoms with E-state index in [2.05, 4.69) is 5.32 Å². The number of hydrogen-bond donors (Lipinski definition) is 1. The third-order valence-electron chi connectivity index (χ3n) is 7.44. The van der Waals surface area contributed by atoms with Crippen molar-refractivity contribution in [2.45, 2.75) is 51.5 Å². The Morgan fingerprint density at radius 2 is 1.47 bits per heavy atom. The van der Waals surface area contributed by atoms with E-state index >= 15 is 0 Å². The topological polar surface area (TPSA) is 96.0 Å². The van der Waals surface area contributed by atoms with Crippen molar-refractivity contribution in [2.75, 3.05) is 30.3 Å². The number of hydrogen-bond acceptors (Lipinski definition) is 5. The van der Waals surface area contributed by atoms with Gasteiger partial charge in [-0.1, -0.05) is 81.4 Å². The summed E-state index contributed by atoms with van der Waals surface area (Å²) in [7, 11) is -0.858. The number of ether oxygens (including phenoxy) is 1. The van der Waals surface area contributed by atoms with Crippen molar-refractivity contribution in [3.8, 4) is 5.75 Å². The Kier molecular flexibility index (Phi) is 10.0. The molecule has 4 aromatic rings. The first kappa shape index (κ1) is 33.3. The summed E-state index contributed by atoms with van der Waals surface area (Å²) in [6, 6.07) is 26.4. The average Bonchev–Trinajstić information content (AvgIpc) is 3.00. The quantitative estimate of drug-likeness (QED) is 0.211. The van der Waals surface area contributed by atoms with Crippen LogP contribution in [-0.2, 0) is 26.8 Å². The Morgan fingerprint density at radius 1 is 0.844 bits per heavy atom. The van der Waals surface area contributed by atoms with E-state index in [-0.39, 0.29) is 16.2 Å². The highest BCUT2D eigenvalue weighted by atomic mass is 32.2. The molecule has 4 rings (SSSR count). The molecule has 0 heterocycles. The first-order valence-corrected chi connectivity index (χ1v) is 16.1. The van der Waals surface area contributed by atoms with Gasteiger partial charge in [-0.25, -0.2) is 8.42 Å². The van der Waals surface area contributed by atoms with Gasteiger partial charge in [0.05, 0.1) is 10.6 Å². The second-order valence-corrected chi connectivity index (χ2v) is 14.1. The van der Waals surface area contributed by atoms with Crippen LogP contribution < -0.4 is 14.4 Å². The minimum absolute atomic E-state index is 0.0542. The standard InChI is InChI=1S/C36H41N3O5S/c1-25-18-21-32(26(2)34(25)44-24-27-14-10-8-11-15-27)39(45(42,43)29-16-12-9-13-17-29)23-33(40)37-31-22-28(35(41)38(6)7)19-20-30(31)36(3,4)5/h8-22H,23-24H2,1-7H3,(H,37,40). The van der Waals surface area contributed by atoms with Crippen molar-refractivity contribution in [2.24, 2.45) is 0 Å². The van der Waals surface area contributed by atoms with Crippen molar-refractivity contribution < 1.29 is 22.7 Å². The molecule has 4 aromatic carbocycles. The summed E-state index contributed by atoms with van der Waals surface area (Å²) in [4.78, 5) is 28.1. The lowest BCUT2D eigenvalue weighted by Crippen LogP contribution is -2.39. The molecule has 0 aliphatic rings. The van der Waals surface area contributed by atoms with Gasteiger partial charge in [-0.3, -0.25) is 13.9 Å². The van der Waals surface area contributed by atoms with E-state index < -0.39 is 22.5 Å². The van der Waals surface area contributed by atoms with Crippen LogP contribution >= 0.6 is 0 Å². The van der Waals surface area contributed by atoms with Crippen LogP contribution in [0.25, 0.3) is 0 Å². The molecule has 8 nitrogen and oxygen atoms in total. The van der Waals surface area contributed by atoms with Gasteiger partial charge in [0.15, 0.2) is 0 Å². The van der Waals surface area contributed by atoms with Crippen LogP contribution in [0.15, 0.2) is 95.9 Å². The first-order chi connectivity index (χ1) is 21.2. The highest BCUT2D eigenvalue weighted by molar-refractivity contribution is 7.92. The fraction of sp³-hybridized carbons (Fsp3) is 0.278. The van der Waals surface area contributed by atoms with E-state index in [1.54, 1.807) is 63.5 Å². The number of rotatable bonds is 10. The number of sulfonamides is 1. The van der Waals surface area contributed by atoms with Gasteiger partial charge in [0.1, 0.15) is 18.9 Å². The molecule has 0 aliphatic heterocycles. The number of nitrogens with zero attached hydrogens (tertiary/aromatic N) is 2. The Morgan fingerprint density at radius 3 is 2.07 bits per heavy atom. The summed E-state index contributed by atoms with van der Waals surface area (Å²) in [6.45, 7) is 9.50. The molecule has 0 saturated heterocycles. The van der Waals surface area contributed by atoms with Gasteiger partial charge >= 0.3 is 0 Å². The van der Waals surface area contributed by atoms with Crippen LogP contribution in [0.2, 0.25) is 0 Å². The zero-order valence-electron chi connectivity index (χ0n) is 26.9. The van der Waals surface area contributed by atoms with Crippen LogP contribution in [0.4, 0.5) is 11.4 Å². The predicted molar refractivity (Wildman–Crippen MR) is 179 cm³/mol. The van der Waals surface area contributed by atoms with E-state index in [1.165, 1.54) is 17.0 Å². The van der Waals surface area contributed by atoms with Gasteiger partial charge in [-0.2, -0.15) is 0 Å². The van der Waals surface area contributed by atoms with E-state index in [9.17, 15) is 18.0 Å². The van der Waals surface area contributed by atoms with Crippen molar-refractivity contribution >= 4 is 33.2 Å². The van der Waals surface area contributed by atoms with E-state index in [0.717, 1.165) is 21.0 Å². The van der Waals surface area contributed by atoms with Gasteiger partial charge in [-0.15, -0.1) is 0 Å². The summed E-state index contributed by atoms with van der Waals surface area (Å²) < 4.78 is 35.6. The van der Waals surface area contributed by atoms with Crippen molar-refractivity contribution in [1.29, 1.82) is 0 Å². The second kappa shape index (κ2) is 13.6. The van der Waals surface area contributed by atoms with Gasteiger partial charge < -0.3 is 15.0 Å². The monoisotopic (exact) mass is 627 g/mol. The summed E-state index contributed by atoms with van der Waals surface area (Å²) in [5, 5.41) is 2.92. The summed E-state index contributed by atoms with van der Waals surface area (Å²) in [5.41, 5.74) is 4.03. The maximum absolute atomic E-state index is 14.1. The number of aryl methyl sites for hydroxylation is 1. The van der Waals surface area contributed by atoms with Crippen LogP contribution in [0.5, 0.6) is 5.75 Å². The molecule has 9 heteroatoms. The molecule has 2 amide bonds. The highest BCUT2D eigenvalue weighted by Gasteiger charge is 2.30. The Balaban J connectivity index is 1.75. The molecular formula is C36H41N3O5S. The van der Waals surface area contributed by atoms with E-state index in [1.807, 2.05) is 64.1 Å². The molecule has 1 N–H and O–H groups in total. The molecule has 0 unspecified atom stereocenters. The molecule has 0 aromatic heterocycles. The predicted octanol–water partition coefficient (Wildman–Crippen LogP) is 6.72. The maximum atomic E-state index is 14.1. The molecule has 0 saturated carbocycles. The lowest BCUT2D eigenvalue weighted by Gasteiger charge is -2.28. The number of carbonyl (C=O) groups is 2. The van der Waals surface area contributed by atoms with Crippen LogP contribution in [0.3, 0.4) is 0 Å². The summed E-state index contributed by atoms with van der Waals surface area (Å²) in [5.74, 6) is -0.214. The van der Waals surface area contributed by atoms with Gasteiger partial charge in [0.25, 0.3) is 15.9 Å². The number of carbonyl (C=O) groups excluding carboxylic acids is 2.